The largest absolute Gasteiger partial charge is 0.497 e. The molecule has 1 aliphatic carbocycles. The third-order valence-electron chi connectivity index (χ3n) is 7.61. The average molecular weight is 441 g/mol. The molecule has 0 bridgehead atoms. The molecule has 0 saturated heterocycles. The van der Waals surface area contributed by atoms with E-state index in [9.17, 15) is 0 Å². The second kappa shape index (κ2) is 11.1. The lowest BCUT2D eigenvalue weighted by molar-refractivity contribution is 0.401. The number of unbranched alkanes of at least 4 members (excludes halogenated alkanes) is 6. The summed E-state index contributed by atoms with van der Waals surface area (Å²) in [5.74, 6) is 0.911. The molecule has 3 aromatic rings. The minimum atomic E-state index is 0.149. The summed E-state index contributed by atoms with van der Waals surface area (Å²) in [7, 11) is 1.73. The molecular weight excluding hydrogens is 400 g/mol. The van der Waals surface area contributed by atoms with Gasteiger partial charge in [-0.1, -0.05) is 114 Å². The maximum Gasteiger partial charge on any atom is 0.118 e. The lowest BCUT2D eigenvalue weighted by Crippen LogP contribution is -2.25. The Morgan fingerprint density at radius 3 is 1.85 bits per heavy atom. The van der Waals surface area contributed by atoms with E-state index in [2.05, 4.69) is 80.6 Å². The van der Waals surface area contributed by atoms with Crippen molar-refractivity contribution in [2.75, 3.05) is 7.11 Å². The van der Waals surface area contributed by atoms with E-state index in [1.807, 2.05) is 0 Å². The van der Waals surface area contributed by atoms with Gasteiger partial charge in [0.15, 0.2) is 0 Å². The zero-order valence-corrected chi connectivity index (χ0v) is 20.8. The van der Waals surface area contributed by atoms with E-state index in [0.29, 0.717) is 0 Å². The van der Waals surface area contributed by atoms with Crippen LogP contribution in [0.4, 0.5) is 0 Å². The van der Waals surface area contributed by atoms with Crippen LogP contribution in [0.15, 0.2) is 66.7 Å². The Morgan fingerprint density at radius 2 is 1.21 bits per heavy atom. The molecule has 4 rings (SSSR count). The van der Waals surface area contributed by atoms with Gasteiger partial charge in [-0.15, -0.1) is 0 Å². The van der Waals surface area contributed by atoms with Gasteiger partial charge in [0.25, 0.3) is 0 Å². The summed E-state index contributed by atoms with van der Waals surface area (Å²) in [6, 6.07) is 24.9. The Balaban J connectivity index is 1.76. The van der Waals surface area contributed by atoms with Crippen LogP contribution in [0, 0.1) is 0 Å². The lowest BCUT2D eigenvalue weighted by Gasteiger charge is -2.33. The van der Waals surface area contributed by atoms with Crippen molar-refractivity contribution in [1.29, 1.82) is 0 Å². The number of rotatable bonds is 12. The van der Waals surface area contributed by atoms with Crippen molar-refractivity contribution >= 4 is 0 Å². The van der Waals surface area contributed by atoms with Gasteiger partial charge < -0.3 is 4.74 Å². The Bertz CT molecular complexity index is 1020. The zero-order chi connectivity index (χ0) is 23.1. The lowest BCUT2D eigenvalue weighted by atomic mass is 9.70. The zero-order valence-electron chi connectivity index (χ0n) is 20.8. The second-order valence-corrected chi connectivity index (χ2v) is 9.74. The number of ether oxygens (including phenoxy) is 1. The quantitative estimate of drug-likeness (QED) is 0.255. The van der Waals surface area contributed by atoms with E-state index in [-0.39, 0.29) is 5.41 Å². The molecule has 0 amide bonds. The van der Waals surface area contributed by atoms with Gasteiger partial charge in [-0.2, -0.15) is 0 Å². The summed E-state index contributed by atoms with van der Waals surface area (Å²) >= 11 is 0. The highest BCUT2D eigenvalue weighted by Gasteiger charge is 2.42. The first-order valence-corrected chi connectivity index (χ1v) is 13.1. The number of hydrogen-bond acceptors (Lipinski definition) is 1. The van der Waals surface area contributed by atoms with Gasteiger partial charge in [0, 0.05) is 5.41 Å². The van der Waals surface area contributed by atoms with Crippen molar-refractivity contribution in [3.63, 3.8) is 0 Å². The van der Waals surface area contributed by atoms with Crippen LogP contribution in [0.1, 0.15) is 89.2 Å². The van der Waals surface area contributed by atoms with Crippen molar-refractivity contribution in [1.82, 2.24) is 0 Å². The van der Waals surface area contributed by atoms with Gasteiger partial charge in [-0.25, -0.2) is 0 Å². The monoisotopic (exact) mass is 440 g/mol. The molecule has 0 aliphatic heterocycles. The summed E-state index contributed by atoms with van der Waals surface area (Å²) in [5.41, 5.74) is 8.77. The van der Waals surface area contributed by atoms with E-state index in [1.165, 1.54) is 86.5 Å². The van der Waals surface area contributed by atoms with Gasteiger partial charge in [-0.3, -0.25) is 0 Å². The minimum Gasteiger partial charge on any atom is -0.497 e. The van der Waals surface area contributed by atoms with Crippen LogP contribution in [0.2, 0.25) is 0 Å². The molecule has 0 spiro atoms. The Hall–Kier alpha value is -2.54. The van der Waals surface area contributed by atoms with E-state index >= 15 is 0 Å². The molecule has 1 aliphatic rings. The molecule has 0 heterocycles. The van der Waals surface area contributed by atoms with E-state index in [4.69, 9.17) is 4.74 Å². The van der Waals surface area contributed by atoms with Crippen LogP contribution in [-0.4, -0.2) is 7.11 Å². The predicted octanol–water partition coefficient (Wildman–Crippen LogP) is 9.57. The van der Waals surface area contributed by atoms with Gasteiger partial charge >= 0.3 is 0 Å². The Morgan fingerprint density at radius 1 is 0.606 bits per heavy atom. The Kier molecular flexibility index (Phi) is 7.91. The first-order chi connectivity index (χ1) is 16.2. The summed E-state index contributed by atoms with van der Waals surface area (Å²) in [6.07, 6.45) is 13.1. The molecule has 0 fully saturated rings. The third kappa shape index (κ3) is 4.88. The standard InChI is InChI=1S/C32H40O/c1-4-6-8-12-22-32(23-13-9-7-5-2)30-15-11-10-14-28(30)29-21-18-26(24-31(29)32)25-16-19-27(33-3)20-17-25/h10-11,14-21,24H,4-9,12-13,22-23H2,1-3H3. The molecule has 33 heavy (non-hydrogen) atoms. The first-order valence-electron chi connectivity index (χ1n) is 13.1. The average Bonchev–Trinajstić information content (AvgIpc) is 3.14. The molecule has 1 heteroatoms. The van der Waals surface area contributed by atoms with Gasteiger partial charge in [0.2, 0.25) is 0 Å². The number of fused-ring (bicyclic) bond motifs is 3. The molecular formula is C32H40O. The van der Waals surface area contributed by atoms with Crippen molar-refractivity contribution in [2.24, 2.45) is 0 Å². The number of hydrogen-bond donors (Lipinski definition) is 0. The highest BCUT2D eigenvalue weighted by Crippen LogP contribution is 2.54. The van der Waals surface area contributed by atoms with Crippen LogP contribution >= 0.6 is 0 Å². The fraction of sp³-hybridized carbons (Fsp3) is 0.438. The molecule has 1 nitrogen and oxygen atoms in total. The van der Waals surface area contributed by atoms with Crippen molar-refractivity contribution < 1.29 is 4.74 Å². The fourth-order valence-corrected chi connectivity index (χ4v) is 5.79. The normalized spacial score (nSPS) is 13.5. The summed E-state index contributed by atoms with van der Waals surface area (Å²) < 4.78 is 5.38. The smallest absolute Gasteiger partial charge is 0.118 e. The second-order valence-electron chi connectivity index (χ2n) is 9.74. The molecule has 174 valence electrons. The van der Waals surface area contributed by atoms with Gasteiger partial charge in [-0.05, 0) is 64.4 Å². The van der Waals surface area contributed by atoms with Crippen LogP contribution in [0.3, 0.4) is 0 Å². The molecule has 3 aromatic carbocycles. The number of methoxy groups -OCH3 is 1. The van der Waals surface area contributed by atoms with Crippen molar-refractivity contribution in [2.45, 2.75) is 83.5 Å². The fourth-order valence-electron chi connectivity index (χ4n) is 5.79. The van der Waals surface area contributed by atoms with E-state index < -0.39 is 0 Å². The first kappa shape index (κ1) is 23.6. The summed E-state index contributed by atoms with van der Waals surface area (Å²) in [6.45, 7) is 4.61. The molecule has 0 radical (unpaired) electrons. The van der Waals surface area contributed by atoms with Crippen LogP contribution in [0.25, 0.3) is 22.3 Å². The molecule has 0 N–H and O–H groups in total. The van der Waals surface area contributed by atoms with Gasteiger partial charge in [0.05, 0.1) is 7.11 Å². The van der Waals surface area contributed by atoms with E-state index in [1.54, 1.807) is 18.2 Å². The van der Waals surface area contributed by atoms with Crippen molar-refractivity contribution in [3.05, 3.63) is 77.9 Å². The highest BCUT2D eigenvalue weighted by atomic mass is 16.5. The maximum atomic E-state index is 5.38. The molecule has 0 atom stereocenters. The summed E-state index contributed by atoms with van der Waals surface area (Å²) in [5, 5.41) is 0. The molecule has 0 aromatic heterocycles. The molecule has 0 saturated carbocycles. The predicted molar refractivity (Wildman–Crippen MR) is 142 cm³/mol. The topological polar surface area (TPSA) is 9.23 Å². The highest BCUT2D eigenvalue weighted by molar-refractivity contribution is 5.84. The SMILES string of the molecule is CCCCCCC1(CCCCCC)c2ccccc2-c2ccc(-c3ccc(OC)cc3)cc21. The Labute approximate surface area is 201 Å². The van der Waals surface area contributed by atoms with Gasteiger partial charge in [0.1, 0.15) is 5.75 Å². The summed E-state index contributed by atoms with van der Waals surface area (Å²) in [4.78, 5) is 0. The van der Waals surface area contributed by atoms with Crippen LogP contribution in [-0.2, 0) is 5.41 Å². The molecule has 0 unspecified atom stereocenters. The van der Waals surface area contributed by atoms with E-state index in [0.717, 1.165) is 5.75 Å². The maximum absolute atomic E-state index is 5.38. The van der Waals surface area contributed by atoms with Crippen LogP contribution in [0.5, 0.6) is 5.75 Å². The van der Waals surface area contributed by atoms with Crippen LogP contribution < -0.4 is 4.74 Å². The minimum absolute atomic E-state index is 0.149. The third-order valence-corrected chi connectivity index (χ3v) is 7.61. The number of benzene rings is 3. The van der Waals surface area contributed by atoms with Crippen molar-refractivity contribution in [3.8, 4) is 28.0 Å².